The molecule has 0 saturated heterocycles. The molecular formula is C20H19N5O4. The molecule has 2 heterocycles. The summed E-state index contributed by atoms with van der Waals surface area (Å²) < 4.78 is 1.00. The van der Waals surface area contributed by atoms with Crippen LogP contribution in [0.3, 0.4) is 0 Å². The van der Waals surface area contributed by atoms with Crippen LogP contribution >= 0.6 is 0 Å². The molecule has 0 bridgehead atoms. The molecule has 0 saturated carbocycles. The molecule has 0 unspecified atom stereocenters. The van der Waals surface area contributed by atoms with Crippen LogP contribution in [0.15, 0.2) is 63.5 Å². The number of aromatic nitrogens is 3. The molecule has 3 rings (SSSR count). The molecule has 2 aromatic heterocycles. The van der Waals surface area contributed by atoms with Crippen molar-refractivity contribution in [3.05, 3.63) is 86.3 Å². The topological polar surface area (TPSA) is 129 Å². The zero-order valence-corrected chi connectivity index (χ0v) is 15.8. The van der Waals surface area contributed by atoms with Gasteiger partial charge in [-0.2, -0.15) is 5.10 Å². The maximum absolute atomic E-state index is 12.4. The summed E-state index contributed by atoms with van der Waals surface area (Å²) in [6.07, 6.45) is 3.15. The minimum absolute atomic E-state index is 0.119. The van der Waals surface area contributed by atoms with Crippen LogP contribution < -0.4 is 16.7 Å². The molecule has 0 aliphatic heterocycles. The molecule has 0 radical (unpaired) electrons. The van der Waals surface area contributed by atoms with E-state index in [0.717, 1.165) is 10.1 Å². The third kappa shape index (κ3) is 3.98. The lowest BCUT2D eigenvalue weighted by atomic mass is 10.1. The second-order valence-corrected chi connectivity index (χ2v) is 6.17. The molecule has 3 N–H and O–H groups in total. The number of nitrogens with one attached hydrogen (secondary N) is 2. The molecular weight excluding hydrogens is 374 g/mol. The number of para-hydroxylation sites is 1. The Balaban J connectivity index is 2.08. The number of hydrogen-bond donors (Lipinski definition) is 3. The van der Waals surface area contributed by atoms with Crippen molar-refractivity contribution in [2.75, 3.05) is 0 Å². The van der Waals surface area contributed by atoms with Crippen LogP contribution in [0.2, 0.25) is 0 Å². The number of carbonyl (C=O) groups excluding carboxylic acids is 1. The SMILES string of the molecule is CCC(=NNC(=O)c1ccncc1)c1c(O)n(-c2ccccc2C)c(=O)[nH]c1=O. The van der Waals surface area contributed by atoms with E-state index in [4.69, 9.17) is 0 Å². The number of aryl methyl sites for hydroxylation is 1. The Kier molecular flexibility index (Phi) is 5.68. The van der Waals surface area contributed by atoms with E-state index < -0.39 is 23.0 Å². The van der Waals surface area contributed by atoms with Crippen molar-refractivity contribution in [2.45, 2.75) is 20.3 Å². The van der Waals surface area contributed by atoms with E-state index in [9.17, 15) is 19.5 Å². The number of amides is 1. The lowest BCUT2D eigenvalue weighted by Crippen LogP contribution is -2.34. The van der Waals surface area contributed by atoms with Gasteiger partial charge in [0.25, 0.3) is 11.5 Å². The summed E-state index contributed by atoms with van der Waals surface area (Å²) in [6, 6.07) is 9.95. The highest BCUT2D eigenvalue weighted by Crippen LogP contribution is 2.20. The summed E-state index contributed by atoms with van der Waals surface area (Å²) in [7, 11) is 0. The van der Waals surface area contributed by atoms with Gasteiger partial charge in [-0.1, -0.05) is 25.1 Å². The third-order valence-electron chi connectivity index (χ3n) is 4.30. The first-order valence-corrected chi connectivity index (χ1v) is 8.85. The summed E-state index contributed by atoms with van der Waals surface area (Å²) in [4.78, 5) is 43.0. The van der Waals surface area contributed by atoms with Crippen LogP contribution in [0.4, 0.5) is 0 Å². The molecule has 0 atom stereocenters. The molecule has 1 aromatic carbocycles. The van der Waals surface area contributed by atoms with Crippen LogP contribution in [-0.4, -0.2) is 31.3 Å². The van der Waals surface area contributed by atoms with E-state index in [1.54, 1.807) is 38.1 Å². The molecule has 0 aliphatic rings. The zero-order chi connectivity index (χ0) is 21.0. The summed E-state index contributed by atoms with van der Waals surface area (Å²) >= 11 is 0. The van der Waals surface area contributed by atoms with Gasteiger partial charge in [0.05, 0.1) is 11.4 Å². The monoisotopic (exact) mass is 393 g/mol. The van der Waals surface area contributed by atoms with Crippen LogP contribution in [0.1, 0.15) is 34.8 Å². The molecule has 0 spiro atoms. The number of rotatable bonds is 5. The van der Waals surface area contributed by atoms with Crippen molar-refractivity contribution in [3.63, 3.8) is 0 Å². The standard InChI is InChI=1S/C20H19N5O4/c1-3-14(23-24-17(26)13-8-10-21-11-9-13)16-18(27)22-20(29)25(19(16)28)15-7-5-4-6-12(15)2/h4-11,28H,3H2,1-2H3,(H,24,26)(H,22,27,29). The number of pyridine rings is 1. The predicted molar refractivity (Wildman–Crippen MR) is 108 cm³/mol. The normalized spacial score (nSPS) is 11.3. The molecule has 9 nitrogen and oxygen atoms in total. The molecule has 0 aliphatic carbocycles. The Labute approximate surface area is 165 Å². The fourth-order valence-electron chi connectivity index (χ4n) is 2.82. The van der Waals surface area contributed by atoms with Crippen molar-refractivity contribution < 1.29 is 9.90 Å². The van der Waals surface area contributed by atoms with Crippen LogP contribution in [0, 0.1) is 6.92 Å². The number of hydrazone groups is 1. The second-order valence-electron chi connectivity index (χ2n) is 6.17. The molecule has 148 valence electrons. The van der Waals surface area contributed by atoms with E-state index in [1.165, 1.54) is 24.5 Å². The Morgan fingerprint density at radius 2 is 1.90 bits per heavy atom. The fourth-order valence-corrected chi connectivity index (χ4v) is 2.82. The summed E-state index contributed by atoms with van der Waals surface area (Å²) in [5.41, 5.74) is 2.20. The second kappa shape index (κ2) is 8.34. The lowest BCUT2D eigenvalue weighted by molar-refractivity contribution is 0.0954. The van der Waals surface area contributed by atoms with Crippen molar-refractivity contribution >= 4 is 11.6 Å². The number of carbonyl (C=O) groups is 1. The van der Waals surface area contributed by atoms with E-state index in [0.29, 0.717) is 11.3 Å². The Bertz CT molecular complexity index is 1200. The third-order valence-corrected chi connectivity index (χ3v) is 4.30. The first-order valence-electron chi connectivity index (χ1n) is 8.85. The van der Waals surface area contributed by atoms with Gasteiger partial charge in [-0.25, -0.2) is 14.8 Å². The van der Waals surface area contributed by atoms with Crippen LogP contribution in [0.25, 0.3) is 5.69 Å². The lowest BCUT2D eigenvalue weighted by Gasteiger charge is -2.14. The Hall–Kier alpha value is -4.01. The largest absolute Gasteiger partial charge is 0.493 e. The molecule has 3 aromatic rings. The predicted octanol–water partition coefficient (Wildman–Crippen LogP) is 1.48. The van der Waals surface area contributed by atoms with Crippen LogP contribution in [0.5, 0.6) is 5.88 Å². The Morgan fingerprint density at radius 3 is 2.55 bits per heavy atom. The first kappa shape index (κ1) is 19.7. The highest BCUT2D eigenvalue weighted by molar-refractivity contribution is 6.03. The summed E-state index contributed by atoms with van der Waals surface area (Å²) in [6.45, 7) is 3.48. The van der Waals surface area contributed by atoms with Gasteiger partial charge in [-0.05, 0) is 37.1 Å². The number of benzene rings is 1. The number of nitrogens with zero attached hydrogens (tertiary/aromatic N) is 3. The molecule has 1 amide bonds. The summed E-state index contributed by atoms with van der Waals surface area (Å²) in [5, 5.41) is 14.8. The molecule has 9 heteroatoms. The van der Waals surface area contributed by atoms with Crippen molar-refractivity contribution in [1.82, 2.24) is 20.0 Å². The zero-order valence-electron chi connectivity index (χ0n) is 15.8. The van der Waals surface area contributed by atoms with Gasteiger partial charge in [-0.3, -0.25) is 19.6 Å². The highest BCUT2D eigenvalue weighted by Gasteiger charge is 2.20. The van der Waals surface area contributed by atoms with Gasteiger partial charge < -0.3 is 5.11 Å². The number of H-pyrrole nitrogens is 1. The minimum atomic E-state index is -0.795. The van der Waals surface area contributed by atoms with Crippen molar-refractivity contribution in [1.29, 1.82) is 0 Å². The van der Waals surface area contributed by atoms with E-state index in [2.05, 4.69) is 20.5 Å². The Morgan fingerprint density at radius 1 is 1.21 bits per heavy atom. The van der Waals surface area contributed by atoms with Gasteiger partial charge in [0.1, 0.15) is 5.56 Å². The number of aromatic amines is 1. The van der Waals surface area contributed by atoms with E-state index in [1.807, 2.05) is 0 Å². The fraction of sp³-hybridized carbons (Fsp3) is 0.150. The van der Waals surface area contributed by atoms with Gasteiger partial charge in [0.15, 0.2) is 0 Å². The molecule has 0 fully saturated rings. The minimum Gasteiger partial charge on any atom is -0.493 e. The van der Waals surface area contributed by atoms with E-state index in [-0.39, 0.29) is 17.7 Å². The van der Waals surface area contributed by atoms with Crippen molar-refractivity contribution in [3.8, 4) is 11.6 Å². The first-order chi connectivity index (χ1) is 13.9. The van der Waals surface area contributed by atoms with Gasteiger partial charge in [0, 0.05) is 18.0 Å². The maximum Gasteiger partial charge on any atom is 0.335 e. The van der Waals surface area contributed by atoms with Gasteiger partial charge >= 0.3 is 5.69 Å². The number of hydrogen-bond acceptors (Lipinski definition) is 6. The molecule has 29 heavy (non-hydrogen) atoms. The highest BCUT2D eigenvalue weighted by atomic mass is 16.3. The van der Waals surface area contributed by atoms with E-state index >= 15 is 0 Å². The smallest absolute Gasteiger partial charge is 0.335 e. The average molecular weight is 393 g/mol. The van der Waals surface area contributed by atoms with Gasteiger partial charge in [-0.15, -0.1) is 0 Å². The number of aromatic hydroxyl groups is 1. The van der Waals surface area contributed by atoms with Crippen LogP contribution in [-0.2, 0) is 0 Å². The average Bonchev–Trinajstić information content (AvgIpc) is 2.72. The van der Waals surface area contributed by atoms with Crippen molar-refractivity contribution in [2.24, 2.45) is 5.10 Å². The quantitative estimate of drug-likeness (QED) is 0.447. The maximum atomic E-state index is 12.4. The summed E-state index contributed by atoms with van der Waals surface area (Å²) in [5.74, 6) is -1.05. The van der Waals surface area contributed by atoms with Gasteiger partial charge in [0.2, 0.25) is 5.88 Å².